The van der Waals surface area contributed by atoms with E-state index in [2.05, 4.69) is 11.6 Å². The lowest BCUT2D eigenvalue weighted by Crippen LogP contribution is -2.51. The molecule has 1 atom stereocenters. The van der Waals surface area contributed by atoms with Gasteiger partial charge in [0, 0.05) is 13.1 Å². The molecule has 1 aliphatic rings. The summed E-state index contributed by atoms with van der Waals surface area (Å²) < 4.78 is 28.0. The summed E-state index contributed by atoms with van der Waals surface area (Å²) in [5, 5.41) is 0. The number of carbonyl (C=O) groups excluding carboxylic acids is 1. The Morgan fingerprint density at radius 2 is 1.76 bits per heavy atom. The fraction of sp³-hybridized carbons (Fsp3) is 0.632. The molecule has 5 nitrogen and oxygen atoms in total. The average Bonchev–Trinajstić information content (AvgIpc) is 2.54. The van der Waals surface area contributed by atoms with E-state index in [1.807, 2.05) is 25.7 Å². The molecular formula is C19H30N2O3S. The molecule has 0 aromatic heterocycles. The van der Waals surface area contributed by atoms with Crippen LogP contribution >= 0.6 is 0 Å². The van der Waals surface area contributed by atoms with Gasteiger partial charge in [-0.2, -0.15) is 4.72 Å². The highest BCUT2D eigenvalue weighted by Crippen LogP contribution is 2.19. The second kappa shape index (κ2) is 8.32. The van der Waals surface area contributed by atoms with E-state index in [4.69, 9.17) is 0 Å². The Morgan fingerprint density at radius 1 is 1.20 bits per heavy atom. The molecule has 2 rings (SSSR count). The lowest BCUT2D eigenvalue weighted by atomic mass is 9.97. The van der Waals surface area contributed by atoms with Crippen molar-refractivity contribution in [2.75, 3.05) is 13.1 Å². The first-order valence-corrected chi connectivity index (χ1v) is 10.5. The van der Waals surface area contributed by atoms with Gasteiger partial charge in [0.15, 0.2) is 0 Å². The Balaban J connectivity index is 2.16. The number of piperidine rings is 1. The molecule has 0 bridgehead atoms. The predicted molar refractivity (Wildman–Crippen MR) is 99.7 cm³/mol. The van der Waals surface area contributed by atoms with Gasteiger partial charge in [-0.3, -0.25) is 4.79 Å². The summed E-state index contributed by atoms with van der Waals surface area (Å²) in [4.78, 5) is 14.9. The minimum Gasteiger partial charge on any atom is -0.341 e. The Morgan fingerprint density at radius 3 is 2.28 bits per heavy atom. The molecule has 1 amide bonds. The van der Waals surface area contributed by atoms with Crippen LogP contribution in [0.15, 0.2) is 29.2 Å². The molecule has 0 unspecified atom stereocenters. The van der Waals surface area contributed by atoms with E-state index in [1.165, 1.54) is 0 Å². The number of benzene rings is 1. The fourth-order valence-corrected chi connectivity index (χ4v) is 4.29. The second-order valence-corrected chi connectivity index (χ2v) is 9.34. The van der Waals surface area contributed by atoms with E-state index in [9.17, 15) is 13.2 Å². The van der Waals surface area contributed by atoms with Gasteiger partial charge in [-0.25, -0.2) is 8.42 Å². The zero-order chi connectivity index (χ0) is 18.6. The molecule has 0 saturated carbocycles. The quantitative estimate of drug-likeness (QED) is 0.842. The monoisotopic (exact) mass is 366 g/mol. The maximum atomic E-state index is 12.9. The first-order chi connectivity index (χ1) is 11.7. The van der Waals surface area contributed by atoms with Gasteiger partial charge < -0.3 is 4.90 Å². The third-order valence-electron chi connectivity index (χ3n) is 4.73. The van der Waals surface area contributed by atoms with E-state index in [1.54, 1.807) is 24.3 Å². The van der Waals surface area contributed by atoms with Crippen LogP contribution in [0.1, 0.15) is 45.6 Å². The van der Waals surface area contributed by atoms with Crippen molar-refractivity contribution in [3.63, 3.8) is 0 Å². The molecule has 25 heavy (non-hydrogen) atoms. The van der Waals surface area contributed by atoms with Crippen LogP contribution in [0.5, 0.6) is 0 Å². The van der Waals surface area contributed by atoms with Gasteiger partial charge in [-0.05, 0) is 50.2 Å². The summed E-state index contributed by atoms with van der Waals surface area (Å²) in [5.41, 5.74) is 0.996. The van der Waals surface area contributed by atoms with Crippen LogP contribution in [0.4, 0.5) is 0 Å². The van der Waals surface area contributed by atoms with E-state index >= 15 is 0 Å². The van der Waals surface area contributed by atoms with Crippen molar-refractivity contribution in [1.82, 2.24) is 9.62 Å². The summed E-state index contributed by atoms with van der Waals surface area (Å²) in [7, 11) is -3.71. The van der Waals surface area contributed by atoms with Gasteiger partial charge in [0.1, 0.15) is 6.04 Å². The van der Waals surface area contributed by atoms with Crippen molar-refractivity contribution >= 4 is 15.9 Å². The molecular weight excluding hydrogens is 336 g/mol. The molecule has 1 aromatic carbocycles. The number of sulfonamides is 1. The van der Waals surface area contributed by atoms with Gasteiger partial charge in [0.25, 0.3) is 0 Å². The van der Waals surface area contributed by atoms with Crippen LogP contribution in [0, 0.1) is 18.8 Å². The minimum absolute atomic E-state index is 0.101. The molecule has 1 fully saturated rings. The Kier molecular flexibility index (Phi) is 6.63. The maximum Gasteiger partial charge on any atom is 0.241 e. The molecule has 1 aromatic rings. The zero-order valence-corrected chi connectivity index (χ0v) is 16.5. The number of carbonyl (C=O) groups is 1. The van der Waals surface area contributed by atoms with Crippen molar-refractivity contribution in [3.05, 3.63) is 29.8 Å². The molecule has 1 aliphatic heterocycles. The SMILES string of the molecule is Cc1ccc(S(=O)(=O)N[C@H](CC(C)C)C(=O)N2CCC(C)CC2)cc1. The van der Waals surface area contributed by atoms with Crippen LogP contribution in [0.3, 0.4) is 0 Å². The molecule has 0 aliphatic carbocycles. The largest absolute Gasteiger partial charge is 0.341 e. The van der Waals surface area contributed by atoms with Gasteiger partial charge >= 0.3 is 0 Å². The Hall–Kier alpha value is -1.40. The predicted octanol–water partition coefficient (Wildman–Crippen LogP) is 2.95. The number of nitrogens with zero attached hydrogens (tertiary/aromatic N) is 1. The molecule has 1 saturated heterocycles. The van der Waals surface area contributed by atoms with Gasteiger partial charge in [-0.15, -0.1) is 0 Å². The van der Waals surface area contributed by atoms with Crippen LogP contribution < -0.4 is 4.72 Å². The molecule has 1 N–H and O–H groups in total. The third-order valence-corrected chi connectivity index (χ3v) is 6.22. The van der Waals surface area contributed by atoms with Crippen molar-refractivity contribution in [1.29, 1.82) is 0 Å². The van der Waals surface area contributed by atoms with E-state index < -0.39 is 16.1 Å². The summed E-state index contributed by atoms with van der Waals surface area (Å²) >= 11 is 0. The van der Waals surface area contributed by atoms with Gasteiger partial charge in [0.05, 0.1) is 4.90 Å². The highest BCUT2D eigenvalue weighted by atomic mass is 32.2. The lowest BCUT2D eigenvalue weighted by Gasteiger charge is -2.33. The topological polar surface area (TPSA) is 66.5 Å². The van der Waals surface area contributed by atoms with Crippen LogP contribution in [0.25, 0.3) is 0 Å². The number of hydrogen-bond donors (Lipinski definition) is 1. The molecule has 0 radical (unpaired) electrons. The highest BCUT2D eigenvalue weighted by molar-refractivity contribution is 7.89. The number of rotatable bonds is 6. The average molecular weight is 367 g/mol. The normalized spacial score (nSPS) is 17.7. The number of nitrogens with one attached hydrogen (secondary N) is 1. The number of amides is 1. The first-order valence-electron chi connectivity index (χ1n) is 9.07. The lowest BCUT2D eigenvalue weighted by molar-refractivity contribution is -0.134. The van der Waals surface area contributed by atoms with Gasteiger partial charge in [0.2, 0.25) is 15.9 Å². The van der Waals surface area contributed by atoms with E-state index in [-0.39, 0.29) is 16.7 Å². The van der Waals surface area contributed by atoms with Crippen molar-refractivity contribution in [2.45, 2.75) is 57.9 Å². The van der Waals surface area contributed by atoms with E-state index in [0.717, 1.165) is 18.4 Å². The molecule has 0 spiro atoms. The number of hydrogen-bond acceptors (Lipinski definition) is 3. The van der Waals surface area contributed by atoms with Crippen LogP contribution in [-0.2, 0) is 14.8 Å². The maximum absolute atomic E-state index is 12.9. The summed E-state index contributed by atoms with van der Waals surface area (Å²) in [6.45, 7) is 9.51. The smallest absolute Gasteiger partial charge is 0.241 e. The van der Waals surface area contributed by atoms with Crippen LogP contribution in [0.2, 0.25) is 0 Å². The molecule has 1 heterocycles. The van der Waals surface area contributed by atoms with Gasteiger partial charge in [-0.1, -0.05) is 38.5 Å². The Bertz CT molecular complexity index is 675. The van der Waals surface area contributed by atoms with Crippen LogP contribution in [-0.4, -0.2) is 38.4 Å². The fourth-order valence-electron chi connectivity index (χ4n) is 3.09. The molecule has 140 valence electrons. The van der Waals surface area contributed by atoms with Crippen molar-refractivity contribution in [2.24, 2.45) is 11.8 Å². The summed E-state index contributed by atoms with van der Waals surface area (Å²) in [6, 6.07) is 5.98. The van der Waals surface area contributed by atoms with Crippen molar-refractivity contribution in [3.8, 4) is 0 Å². The second-order valence-electron chi connectivity index (χ2n) is 7.62. The summed E-state index contributed by atoms with van der Waals surface area (Å²) in [5.74, 6) is 0.742. The zero-order valence-electron chi connectivity index (χ0n) is 15.7. The van der Waals surface area contributed by atoms with Crippen molar-refractivity contribution < 1.29 is 13.2 Å². The summed E-state index contributed by atoms with van der Waals surface area (Å²) in [6.07, 6.45) is 2.45. The molecule has 6 heteroatoms. The third kappa shape index (κ3) is 5.54. The van der Waals surface area contributed by atoms with E-state index in [0.29, 0.717) is 25.4 Å². The number of aryl methyl sites for hydroxylation is 1. The highest BCUT2D eigenvalue weighted by Gasteiger charge is 2.31. The Labute approximate surface area is 151 Å². The number of likely N-dealkylation sites (tertiary alicyclic amines) is 1. The minimum atomic E-state index is -3.71. The standard InChI is InChI=1S/C19H30N2O3S/c1-14(2)13-18(19(22)21-11-9-16(4)10-12-21)20-25(23,24)17-7-5-15(3)6-8-17/h5-8,14,16,18,20H,9-13H2,1-4H3/t18-/m1/s1. The first kappa shape index (κ1) is 19.9.